The highest BCUT2D eigenvalue weighted by atomic mass is 35.5. The monoisotopic (exact) mass is 355 g/mol. The third-order valence-corrected chi connectivity index (χ3v) is 3.88. The number of carbonyl (C=O) groups excluding carboxylic acids is 1. The molecule has 0 radical (unpaired) electrons. The second-order valence-electron chi connectivity index (χ2n) is 5.23. The van der Waals surface area contributed by atoms with Gasteiger partial charge >= 0.3 is 0 Å². The minimum Gasteiger partial charge on any atom is -0.479 e. The van der Waals surface area contributed by atoms with Crippen LogP contribution >= 0.6 is 23.2 Å². The molecule has 5 nitrogen and oxygen atoms in total. The summed E-state index contributed by atoms with van der Waals surface area (Å²) in [6.45, 7) is 4.98. The Bertz CT molecular complexity index is 688. The number of benzene rings is 1. The number of aromatic nitrogens is 2. The molecule has 23 heavy (non-hydrogen) atoms. The van der Waals surface area contributed by atoms with Crippen LogP contribution in [0.2, 0.25) is 10.0 Å². The first-order valence-corrected chi connectivity index (χ1v) is 8.04. The fourth-order valence-electron chi connectivity index (χ4n) is 2.13. The summed E-state index contributed by atoms with van der Waals surface area (Å²) in [6, 6.07) is 4.90. The summed E-state index contributed by atoms with van der Waals surface area (Å²) in [6.07, 6.45) is 3.03. The zero-order valence-electron chi connectivity index (χ0n) is 13.3. The highest BCUT2D eigenvalue weighted by molar-refractivity contribution is 6.35. The molecule has 1 aromatic carbocycles. The van der Waals surface area contributed by atoms with E-state index >= 15 is 0 Å². The Hall–Kier alpha value is -1.72. The molecule has 0 aliphatic rings. The van der Waals surface area contributed by atoms with E-state index in [0.717, 1.165) is 12.1 Å². The van der Waals surface area contributed by atoms with Gasteiger partial charge in [-0.3, -0.25) is 9.48 Å². The van der Waals surface area contributed by atoms with Gasteiger partial charge in [0.05, 0.1) is 11.2 Å². The molecule has 0 bridgehead atoms. The lowest BCUT2D eigenvalue weighted by molar-refractivity contribution is -0.137. The van der Waals surface area contributed by atoms with Gasteiger partial charge in [-0.05, 0) is 32.0 Å². The quantitative estimate of drug-likeness (QED) is 0.794. The highest BCUT2D eigenvalue weighted by Crippen LogP contribution is 2.28. The first kappa shape index (κ1) is 17.6. The molecular weight excluding hydrogens is 337 g/mol. The molecule has 1 atom stereocenters. The summed E-state index contributed by atoms with van der Waals surface area (Å²) in [4.78, 5) is 14.0. The van der Waals surface area contributed by atoms with Gasteiger partial charge in [-0.1, -0.05) is 23.2 Å². The molecule has 0 aliphatic carbocycles. The SMILES string of the molecule is CCn1cc(CN(C)C(=O)C(C)Oc2ccc(Cl)cc2Cl)cn1. The molecule has 0 N–H and O–H groups in total. The minimum absolute atomic E-state index is 0.139. The van der Waals surface area contributed by atoms with Crippen LogP contribution in [0, 0.1) is 0 Å². The number of halogens is 2. The van der Waals surface area contributed by atoms with Gasteiger partial charge in [0.2, 0.25) is 0 Å². The molecule has 0 fully saturated rings. The molecule has 1 heterocycles. The van der Waals surface area contributed by atoms with E-state index in [1.165, 1.54) is 0 Å². The Morgan fingerprint density at radius 1 is 1.43 bits per heavy atom. The van der Waals surface area contributed by atoms with Gasteiger partial charge in [0.15, 0.2) is 6.10 Å². The first-order chi connectivity index (χ1) is 10.9. The molecule has 0 saturated heterocycles. The molecule has 7 heteroatoms. The van der Waals surface area contributed by atoms with Crippen LogP contribution in [0.3, 0.4) is 0 Å². The van der Waals surface area contributed by atoms with Gasteiger partial charge < -0.3 is 9.64 Å². The van der Waals surface area contributed by atoms with Crippen molar-refractivity contribution in [3.63, 3.8) is 0 Å². The zero-order chi connectivity index (χ0) is 17.0. The van der Waals surface area contributed by atoms with Gasteiger partial charge in [-0.2, -0.15) is 5.10 Å². The average molecular weight is 356 g/mol. The van der Waals surface area contributed by atoms with Gasteiger partial charge in [-0.15, -0.1) is 0 Å². The maximum Gasteiger partial charge on any atom is 0.263 e. The van der Waals surface area contributed by atoms with Crippen LogP contribution in [0.1, 0.15) is 19.4 Å². The number of amides is 1. The Labute approximate surface area is 145 Å². The average Bonchev–Trinajstić information content (AvgIpc) is 2.96. The number of carbonyl (C=O) groups is 1. The number of nitrogens with zero attached hydrogens (tertiary/aromatic N) is 3. The molecule has 1 amide bonds. The van der Waals surface area contributed by atoms with Crippen LogP contribution in [0.15, 0.2) is 30.6 Å². The van der Waals surface area contributed by atoms with Gasteiger partial charge in [-0.25, -0.2) is 0 Å². The standard InChI is InChI=1S/C16H19Cl2N3O2/c1-4-21-10-12(8-19-21)9-20(3)16(22)11(2)23-15-6-5-13(17)7-14(15)18/h5-8,10-11H,4,9H2,1-3H3. The van der Waals surface area contributed by atoms with E-state index < -0.39 is 6.10 Å². The highest BCUT2D eigenvalue weighted by Gasteiger charge is 2.20. The van der Waals surface area contributed by atoms with Gasteiger partial charge in [0, 0.05) is 36.9 Å². The predicted molar refractivity (Wildman–Crippen MR) is 90.9 cm³/mol. The maximum atomic E-state index is 12.4. The van der Waals surface area contributed by atoms with Crippen molar-refractivity contribution >= 4 is 29.1 Å². The molecule has 1 aromatic heterocycles. The van der Waals surface area contributed by atoms with E-state index in [-0.39, 0.29) is 5.91 Å². The molecular formula is C16H19Cl2N3O2. The van der Waals surface area contributed by atoms with Crippen LogP contribution in [-0.4, -0.2) is 33.7 Å². The number of ether oxygens (including phenoxy) is 1. The fourth-order valence-corrected chi connectivity index (χ4v) is 2.59. The summed E-state index contributed by atoms with van der Waals surface area (Å²) < 4.78 is 7.46. The Morgan fingerprint density at radius 2 is 2.17 bits per heavy atom. The Kier molecular flexibility index (Phi) is 5.91. The lowest BCUT2D eigenvalue weighted by atomic mass is 10.3. The number of rotatable bonds is 6. The van der Waals surface area contributed by atoms with Crippen LogP contribution < -0.4 is 4.74 Å². The lowest BCUT2D eigenvalue weighted by Crippen LogP contribution is -2.37. The van der Waals surface area contributed by atoms with Crippen molar-refractivity contribution in [2.45, 2.75) is 33.0 Å². The Morgan fingerprint density at radius 3 is 2.78 bits per heavy atom. The van der Waals surface area contributed by atoms with E-state index in [1.54, 1.807) is 43.3 Å². The van der Waals surface area contributed by atoms with Gasteiger partial charge in [0.25, 0.3) is 5.91 Å². The number of aryl methyl sites for hydroxylation is 1. The topological polar surface area (TPSA) is 47.4 Å². The smallest absolute Gasteiger partial charge is 0.263 e. The van der Waals surface area contributed by atoms with Gasteiger partial charge in [0.1, 0.15) is 5.75 Å². The van der Waals surface area contributed by atoms with Crippen molar-refractivity contribution in [2.24, 2.45) is 0 Å². The number of hydrogen-bond acceptors (Lipinski definition) is 3. The number of likely N-dealkylation sites (N-methyl/N-ethyl adjacent to an activating group) is 1. The van der Waals surface area contributed by atoms with Crippen molar-refractivity contribution < 1.29 is 9.53 Å². The normalized spacial score (nSPS) is 12.0. The van der Waals surface area contributed by atoms with E-state index in [9.17, 15) is 4.79 Å². The first-order valence-electron chi connectivity index (χ1n) is 7.28. The van der Waals surface area contributed by atoms with E-state index in [2.05, 4.69) is 5.10 Å². The minimum atomic E-state index is -0.653. The molecule has 124 valence electrons. The van der Waals surface area contributed by atoms with Crippen LogP contribution in [0.4, 0.5) is 0 Å². The van der Waals surface area contributed by atoms with E-state index in [0.29, 0.717) is 22.3 Å². The molecule has 2 rings (SSSR count). The van der Waals surface area contributed by atoms with Crippen molar-refractivity contribution in [1.29, 1.82) is 0 Å². The second kappa shape index (κ2) is 7.70. The maximum absolute atomic E-state index is 12.4. The Balaban J connectivity index is 1.97. The number of hydrogen-bond donors (Lipinski definition) is 0. The lowest BCUT2D eigenvalue weighted by Gasteiger charge is -2.22. The fraction of sp³-hybridized carbons (Fsp3) is 0.375. The summed E-state index contributed by atoms with van der Waals surface area (Å²) in [7, 11) is 1.73. The van der Waals surface area contributed by atoms with Crippen molar-refractivity contribution in [1.82, 2.24) is 14.7 Å². The summed E-state index contributed by atoms with van der Waals surface area (Å²) in [5.41, 5.74) is 0.972. The van der Waals surface area contributed by atoms with E-state index in [1.807, 2.05) is 17.8 Å². The summed E-state index contributed by atoms with van der Waals surface area (Å²) in [5, 5.41) is 5.10. The summed E-state index contributed by atoms with van der Waals surface area (Å²) >= 11 is 11.9. The second-order valence-corrected chi connectivity index (χ2v) is 6.08. The third-order valence-electron chi connectivity index (χ3n) is 3.35. The van der Waals surface area contributed by atoms with Crippen LogP contribution in [0.25, 0.3) is 0 Å². The van der Waals surface area contributed by atoms with Crippen molar-refractivity contribution in [2.75, 3.05) is 7.05 Å². The molecule has 2 aromatic rings. The van der Waals surface area contributed by atoms with Crippen molar-refractivity contribution in [3.05, 3.63) is 46.2 Å². The molecule has 0 aliphatic heterocycles. The van der Waals surface area contributed by atoms with Crippen LogP contribution in [-0.2, 0) is 17.9 Å². The predicted octanol–water partition coefficient (Wildman–Crippen LogP) is 3.64. The largest absolute Gasteiger partial charge is 0.479 e. The zero-order valence-corrected chi connectivity index (χ0v) is 14.8. The van der Waals surface area contributed by atoms with Crippen molar-refractivity contribution in [3.8, 4) is 5.75 Å². The third kappa shape index (κ3) is 4.62. The van der Waals surface area contributed by atoms with E-state index in [4.69, 9.17) is 27.9 Å². The molecule has 0 spiro atoms. The summed E-state index contributed by atoms with van der Waals surface area (Å²) in [5.74, 6) is 0.296. The molecule has 0 saturated carbocycles. The molecule has 1 unspecified atom stereocenters. The van der Waals surface area contributed by atoms with Crippen LogP contribution in [0.5, 0.6) is 5.75 Å².